The number of rotatable bonds is 4. The zero-order chi connectivity index (χ0) is 20.4. The van der Waals surface area contributed by atoms with E-state index in [1.807, 2.05) is 22.6 Å². The van der Waals surface area contributed by atoms with Gasteiger partial charge < -0.3 is 14.4 Å². The van der Waals surface area contributed by atoms with Crippen LogP contribution >= 0.6 is 11.3 Å². The zero-order valence-corrected chi connectivity index (χ0v) is 17.9. The Morgan fingerprint density at radius 3 is 2.45 bits per heavy atom. The van der Waals surface area contributed by atoms with E-state index in [4.69, 9.17) is 0 Å². The van der Waals surface area contributed by atoms with Crippen LogP contribution in [0.4, 0.5) is 5.13 Å². The number of benzene rings is 1. The molecular formula is C23H26N4OS. The standard InChI is InChI=1S/C23H26N4OS/c1-17-4-7-21(8-5-17)27-18(2)16-20(19(27)3)6-9-22(28)25-11-13-26(14-12-25)23-24-10-15-29-23/h4-10,15-16H,11-14H2,1-3H3/b9-6+. The van der Waals surface area contributed by atoms with Gasteiger partial charge in [-0.15, -0.1) is 11.3 Å². The SMILES string of the molecule is Cc1ccc(-n2c(C)cc(/C=C/C(=O)N3CCN(c4nccs4)CC3)c2C)cc1. The Hall–Kier alpha value is -2.86. The normalized spacial score (nSPS) is 14.7. The molecule has 4 rings (SSSR count). The van der Waals surface area contributed by atoms with Crippen molar-refractivity contribution >= 4 is 28.5 Å². The van der Waals surface area contributed by atoms with E-state index in [1.54, 1.807) is 17.4 Å². The van der Waals surface area contributed by atoms with E-state index in [-0.39, 0.29) is 5.91 Å². The van der Waals surface area contributed by atoms with Crippen molar-refractivity contribution in [2.75, 3.05) is 31.1 Å². The Bertz CT molecular complexity index is 1010. The smallest absolute Gasteiger partial charge is 0.246 e. The van der Waals surface area contributed by atoms with Gasteiger partial charge in [0.25, 0.3) is 0 Å². The fourth-order valence-electron chi connectivity index (χ4n) is 3.80. The van der Waals surface area contributed by atoms with Crippen LogP contribution < -0.4 is 4.90 Å². The molecule has 0 radical (unpaired) electrons. The molecule has 0 bridgehead atoms. The highest BCUT2D eigenvalue weighted by atomic mass is 32.1. The first-order valence-electron chi connectivity index (χ1n) is 9.90. The lowest BCUT2D eigenvalue weighted by Gasteiger charge is -2.34. The summed E-state index contributed by atoms with van der Waals surface area (Å²) >= 11 is 1.65. The van der Waals surface area contributed by atoms with Gasteiger partial charge in [-0.25, -0.2) is 4.98 Å². The number of thiazole rings is 1. The van der Waals surface area contributed by atoms with Gasteiger partial charge in [-0.3, -0.25) is 4.79 Å². The Labute approximate surface area is 175 Å². The van der Waals surface area contributed by atoms with Crippen LogP contribution in [0.15, 0.2) is 48.0 Å². The van der Waals surface area contributed by atoms with Crippen LogP contribution in [0, 0.1) is 20.8 Å². The van der Waals surface area contributed by atoms with Crippen LogP contribution in [-0.2, 0) is 4.79 Å². The summed E-state index contributed by atoms with van der Waals surface area (Å²) in [6.07, 6.45) is 5.48. The quantitative estimate of drug-likeness (QED) is 0.609. The summed E-state index contributed by atoms with van der Waals surface area (Å²) in [5.74, 6) is 0.0731. The molecular weight excluding hydrogens is 380 g/mol. The average molecular weight is 407 g/mol. The number of amides is 1. The van der Waals surface area contributed by atoms with Crippen molar-refractivity contribution in [2.45, 2.75) is 20.8 Å². The lowest BCUT2D eigenvalue weighted by molar-refractivity contribution is -0.126. The molecule has 3 aromatic rings. The molecule has 1 saturated heterocycles. The van der Waals surface area contributed by atoms with E-state index in [1.165, 1.54) is 5.56 Å². The highest BCUT2D eigenvalue weighted by Gasteiger charge is 2.21. The topological polar surface area (TPSA) is 41.4 Å². The number of nitrogens with zero attached hydrogens (tertiary/aromatic N) is 4. The van der Waals surface area contributed by atoms with E-state index in [0.717, 1.165) is 53.9 Å². The van der Waals surface area contributed by atoms with Gasteiger partial charge in [0.15, 0.2) is 5.13 Å². The molecule has 1 fully saturated rings. The van der Waals surface area contributed by atoms with Gasteiger partial charge in [-0.2, -0.15) is 0 Å². The predicted octanol–water partition coefficient (Wildman–Crippen LogP) is 4.22. The van der Waals surface area contributed by atoms with Crippen LogP contribution in [-0.4, -0.2) is 46.5 Å². The summed E-state index contributed by atoms with van der Waals surface area (Å²) in [6.45, 7) is 9.41. The summed E-state index contributed by atoms with van der Waals surface area (Å²) in [6, 6.07) is 10.7. The third-order valence-electron chi connectivity index (χ3n) is 5.45. The highest BCUT2D eigenvalue weighted by molar-refractivity contribution is 7.13. The number of anilines is 1. The number of carbonyl (C=O) groups is 1. The third kappa shape index (κ3) is 4.12. The van der Waals surface area contributed by atoms with Crippen molar-refractivity contribution in [2.24, 2.45) is 0 Å². The van der Waals surface area contributed by atoms with Crippen LogP contribution in [0.1, 0.15) is 22.5 Å². The average Bonchev–Trinajstić information content (AvgIpc) is 3.36. The van der Waals surface area contributed by atoms with Crippen LogP contribution in [0.2, 0.25) is 0 Å². The molecule has 0 spiro atoms. The Morgan fingerprint density at radius 2 is 1.79 bits per heavy atom. The molecule has 150 valence electrons. The molecule has 1 aliphatic rings. The molecule has 1 aromatic carbocycles. The molecule has 0 saturated carbocycles. The van der Waals surface area contributed by atoms with Crippen molar-refractivity contribution < 1.29 is 4.79 Å². The van der Waals surface area contributed by atoms with Gasteiger partial charge >= 0.3 is 0 Å². The van der Waals surface area contributed by atoms with Gasteiger partial charge in [0.05, 0.1) is 0 Å². The molecule has 2 aromatic heterocycles. The Morgan fingerprint density at radius 1 is 1.07 bits per heavy atom. The summed E-state index contributed by atoms with van der Waals surface area (Å²) in [5.41, 5.74) is 5.78. The minimum Gasteiger partial charge on any atom is -0.345 e. The summed E-state index contributed by atoms with van der Waals surface area (Å²) < 4.78 is 2.23. The van der Waals surface area contributed by atoms with Crippen molar-refractivity contribution in [3.05, 3.63) is 70.5 Å². The molecule has 29 heavy (non-hydrogen) atoms. The maximum atomic E-state index is 12.7. The van der Waals surface area contributed by atoms with Gasteiger partial charge in [0.2, 0.25) is 5.91 Å². The maximum absolute atomic E-state index is 12.7. The monoisotopic (exact) mass is 406 g/mol. The second-order valence-corrected chi connectivity index (χ2v) is 8.33. The van der Waals surface area contributed by atoms with Crippen molar-refractivity contribution in [1.29, 1.82) is 0 Å². The number of aromatic nitrogens is 2. The molecule has 6 heteroatoms. The number of piperazine rings is 1. The highest BCUT2D eigenvalue weighted by Crippen LogP contribution is 2.23. The molecule has 5 nitrogen and oxygen atoms in total. The molecule has 1 amide bonds. The summed E-state index contributed by atoms with van der Waals surface area (Å²) in [7, 11) is 0. The van der Waals surface area contributed by atoms with E-state index < -0.39 is 0 Å². The maximum Gasteiger partial charge on any atom is 0.246 e. The Kier molecular flexibility index (Phi) is 5.53. The molecule has 3 heterocycles. The number of aryl methyl sites for hydroxylation is 2. The van der Waals surface area contributed by atoms with Crippen LogP contribution in [0.3, 0.4) is 0 Å². The molecule has 1 aliphatic heterocycles. The zero-order valence-electron chi connectivity index (χ0n) is 17.1. The molecule has 0 unspecified atom stereocenters. The largest absolute Gasteiger partial charge is 0.345 e. The van der Waals surface area contributed by atoms with E-state index in [9.17, 15) is 4.79 Å². The minimum atomic E-state index is 0.0731. The predicted molar refractivity (Wildman–Crippen MR) is 120 cm³/mol. The van der Waals surface area contributed by atoms with Crippen molar-refractivity contribution in [1.82, 2.24) is 14.5 Å². The number of hydrogen-bond acceptors (Lipinski definition) is 4. The Balaban J connectivity index is 1.43. The summed E-state index contributed by atoms with van der Waals surface area (Å²) in [5, 5.41) is 3.03. The minimum absolute atomic E-state index is 0.0731. The van der Waals surface area contributed by atoms with Crippen molar-refractivity contribution in [3.63, 3.8) is 0 Å². The van der Waals surface area contributed by atoms with Crippen molar-refractivity contribution in [3.8, 4) is 5.69 Å². The second kappa shape index (κ2) is 8.25. The number of hydrogen-bond donors (Lipinski definition) is 0. The third-order valence-corrected chi connectivity index (χ3v) is 6.28. The van der Waals surface area contributed by atoms with E-state index in [0.29, 0.717) is 0 Å². The van der Waals surface area contributed by atoms with Gasteiger partial charge in [0.1, 0.15) is 0 Å². The van der Waals surface area contributed by atoms with Gasteiger partial charge in [-0.1, -0.05) is 17.7 Å². The van der Waals surface area contributed by atoms with E-state index >= 15 is 0 Å². The van der Waals surface area contributed by atoms with Crippen LogP contribution in [0.25, 0.3) is 11.8 Å². The van der Waals surface area contributed by atoms with Gasteiger partial charge in [-0.05, 0) is 50.6 Å². The fourth-order valence-corrected chi connectivity index (χ4v) is 4.50. The molecule has 0 atom stereocenters. The first-order chi connectivity index (χ1) is 14.0. The lowest BCUT2D eigenvalue weighted by atomic mass is 10.2. The fraction of sp³-hybridized carbons (Fsp3) is 0.304. The lowest BCUT2D eigenvalue weighted by Crippen LogP contribution is -2.48. The first-order valence-corrected chi connectivity index (χ1v) is 10.8. The summed E-state index contributed by atoms with van der Waals surface area (Å²) in [4.78, 5) is 21.2. The second-order valence-electron chi connectivity index (χ2n) is 7.46. The van der Waals surface area contributed by atoms with E-state index in [2.05, 4.69) is 65.6 Å². The van der Waals surface area contributed by atoms with Crippen LogP contribution in [0.5, 0.6) is 0 Å². The molecule has 0 N–H and O–H groups in total. The number of carbonyl (C=O) groups excluding carboxylic acids is 1. The molecule has 0 aliphatic carbocycles. The first kappa shape index (κ1) is 19.5. The van der Waals surface area contributed by atoms with Gasteiger partial charge in [0, 0.05) is 60.9 Å².